The van der Waals surface area contributed by atoms with Crippen LogP contribution in [0.2, 0.25) is 0 Å². The van der Waals surface area contributed by atoms with Crippen LogP contribution in [0.4, 0.5) is 20.6 Å². The zero-order chi connectivity index (χ0) is 19.1. The van der Waals surface area contributed by atoms with E-state index in [1.54, 1.807) is 14.1 Å². The minimum Gasteiger partial charge on any atom is -0.347 e. The summed E-state index contributed by atoms with van der Waals surface area (Å²) in [4.78, 5) is 36.9. The molecule has 1 fully saturated rings. The average Bonchev–Trinajstić information content (AvgIpc) is 2.63. The van der Waals surface area contributed by atoms with Gasteiger partial charge in [-0.25, -0.2) is 9.18 Å². The highest BCUT2D eigenvalue weighted by molar-refractivity contribution is 5.95. The van der Waals surface area contributed by atoms with Gasteiger partial charge in [0.05, 0.1) is 12.2 Å². The summed E-state index contributed by atoms with van der Waals surface area (Å²) in [6, 6.07) is 3.34. The molecule has 0 atom stereocenters. The van der Waals surface area contributed by atoms with E-state index in [1.165, 1.54) is 23.1 Å². The van der Waals surface area contributed by atoms with Gasteiger partial charge in [0.15, 0.2) is 0 Å². The number of rotatable bonds is 5. The number of amides is 4. The van der Waals surface area contributed by atoms with E-state index in [9.17, 15) is 18.8 Å². The molecule has 0 bridgehead atoms. The van der Waals surface area contributed by atoms with Crippen LogP contribution in [0.1, 0.15) is 32.1 Å². The van der Waals surface area contributed by atoms with Crippen LogP contribution >= 0.6 is 0 Å². The number of anilines is 2. The summed E-state index contributed by atoms with van der Waals surface area (Å²) < 4.78 is 14.0. The highest BCUT2D eigenvalue weighted by atomic mass is 19.1. The van der Waals surface area contributed by atoms with Crippen LogP contribution in [0.5, 0.6) is 0 Å². The molecule has 3 N–H and O–H groups in total. The van der Waals surface area contributed by atoms with Crippen LogP contribution < -0.4 is 16.0 Å². The van der Waals surface area contributed by atoms with Crippen molar-refractivity contribution < 1.29 is 18.8 Å². The first kappa shape index (κ1) is 19.7. The maximum absolute atomic E-state index is 14.0. The highest BCUT2D eigenvalue weighted by Gasteiger charge is 2.22. The zero-order valence-corrected chi connectivity index (χ0v) is 15.1. The van der Waals surface area contributed by atoms with Crippen molar-refractivity contribution in [2.24, 2.45) is 5.92 Å². The van der Waals surface area contributed by atoms with E-state index >= 15 is 0 Å². The Balaban J connectivity index is 1.94. The van der Waals surface area contributed by atoms with Gasteiger partial charge < -0.3 is 20.9 Å². The normalized spacial score (nSPS) is 14.4. The molecule has 1 aromatic rings. The lowest BCUT2D eigenvalue weighted by atomic mass is 9.88. The molecule has 8 heteroatoms. The zero-order valence-electron chi connectivity index (χ0n) is 15.1. The molecule has 1 saturated carbocycles. The summed E-state index contributed by atoms with van der Waals surface area (Å²) in [5.74, 6) is -1.11. The number of halogens is 1. The number of urea groups is 1. The molecule has 0 spiro atoms. The maximum Gasteiger partial charge on any atom is 0.319 e. The van der Waals surface area contributed by atoms with Crippen molar-refractivity contribution in [1.29, 1.82) is 0 Å². The molecule has 0 aromatic heterocycles. The number of carbonyl (C=O) groups is 3. The Hall–Kier alpha value is -2.64. The molecule has 1 aliphatic rings. The summed E-state index contributed by atoms with van der Waals surface area (Å²) >= 11 is 0. The molecule has 4 amide bonds. The van der Waals surface area contributed by atoms with Crippen molar-refractivity contribution in [3.8, 4) is 0 Å². The second-order valence-corrected chi connectivity index (χ2v) is 6.61. The molecule has 26 heavy (non-hydrogen) atoms. The van der Waals surface area contributed by atoms with Gasteiger partial charge in [-0.3, -0.25) is 9.59 Å². The summed E-state index contributed by atoms with van der Waals surface area (Å²) in [7, 11) is 3.17. The van der Waals surface area contributed by atoms with Crippen molar-refractivity contribution in [3.05, 3.63) is 24.0 Å². The van der Waals surface area contributed by atoms with Crippen molar-refractivity contribution in [3.63, 3.8) is 0 Å². The summed E-state index contributed by atoms with van der Waals surface area (Å²) in [5.41, 5.74) is 0.350. The predicted octanol–water partition coefficient (Wildman–Crippen LogP) is 2.55. The van der Waals surface area contributed by atoms with Crippen LogP contribution in [-0.2, 0) is 9.59 Å². The Morgan fingerprint density at radius 2 is 1.81 bits per heavy atom. The third-order valence-electron chi connectivity index (χ3n) is 4.36. The lowest BCUT2D eigenvalue weighted by Gasteiger charge is -2.21. The van der Waals surface area contributed by atoms with E-state index in [-0.39, 0.29) is 30.0 Å². The molecular weight excluding hydrogens is 339 g/mol. The first-order chi connectivity index (χ1) is 12.4. The molecule has 7 nitrogen and oxygen atoms in total. The number of nitrogens with one attached hydrogen (secondary N) is 3. The lowest BCUT2D eigenvalue weighted by molar-refractivity contribution is -0.127. The number of nitrogens with zero attached hydrogens (tertiary/aromatic N) is 1. The van der Waals surface area contributed by atoms with E-state index in [2.05, 4.69) is 16.0 Å². The minimum absolute atomic E-state index is 0.0303. The number of hydrogen-bond acceptors (Lipinski definition) is 3. The fraction of sp³-hybridized carbons (Fsp3) is 0.500. The van der Waals surface area contributed by atoms with Gasteiger partial charge in [0, 0.05) is 25.7 Å². The van der Waals surface area contributed by atoms with E-state index in [0.29, 0.717) is 5.69 Å². The van der Waals surface area contributed by atoms with Crippen LogP contribution in [0, 0.1) is 11.7 Å². The Morgan fingerprint density at radius 1 is 1.12 bits per heavy atom. The molecule has 0 unspecified atom stereocenters. The van der Waals surface area contributed by atoms with E-state index in [1.807, 2.05) is 0 Å². The predicted molar refractivity (Wildman–Crippen MR) is 97.3 cm³/mol. The molecule has 0 aliphatic heterocycles. The van der Waals surface area contributed by atoms with Crippen molar-refractivity contribution in [1.82, 2.24) is 10.2 Å². The van der Waals surface area contributed by atoms with Gasteiger partial charge in [-0.2, -0.15) is 0 Å². The summed E-state index contributed by atoms with van der Waals surface area (Å²) in [5, 5.41) is 7.55. The Kier molecular flexibility index (Phi) is 6.94. The fourth-order valence-electron chi connectivity index (χ4n) is 2.79. The minimum atomic E-state index is -0.587. The monoisotopic (exact) mass is 364 g/mol. The number of likely N-dealkylation sites (N-methyl/N-ethyl adjacent to an activating group) is 1. The van der Waals surface area contributed by atoms with Crippen LogP contribution in [0.15, 0.2) is 18.2 Å². The second kappa shape index (κ2) is 9.17. The SMILES string of the molecule is CN(C)C(=O)CNC(=O)Nc1ccc(F)c(NC(=O)C2CCCCC2)c1. The Morgan fingerprint density at radius 3 is 2.46 bits per heavy atom. The topological polar surface area (TPSA) is 90.5 Å². The van der Waals surface area contributed by atoms with Crippen molar-refractivity contribution in [2.75, 3.05) is 31.3 Å². The van der Waals surface area contributed by atoms with Gasteiger partial charge in [-0.1, -0.05) is 19.3 Å². The van der Waals surface area contributed by atoms with Crippen molar-refractivity contribution in [2.45, 2.75) is 32.1 Å². The van der Waals surface area contributed by atoms with E-state index < -0.39 is 11.8 Å². The molecule has 142 valence electrons. The van der Waals surface area contributed by atoms with E-state index in [0.717, 1.165) is 32.1 Å². The number of carbonyl (C=O) groups excluding carboxylic acids is 3. The van der Waals surface area contributed by atoms with Gasteiger partial charge in [-0.05, 0) is 31.0 Å². The average molecular weight is 364 g/mol. The third kappa shape index (κ3) is 5.72. The van der Waals surface area contributed by atoms with Gasteiger partial charge in [0.1, 0.15) is 5.82 Å². The Bertz CT molecular complexity index is 672. The molecular formula is C18H25FN4O3. The fourth-order valence-corrected chi connectivity index (χ4v) is 2.79. The van der Waals surface area contributed by atoms with Gasteiger partial charge in [-0.15, -0.1) is 0 Å². The molecule has 2 rings (SSSR count). The maximum atomic E-state index is 14.0. The largest absolute Gasteiger partial charge is 0.347 e. The van der Waals surface area contributed by atoms with Gasteiger partial charge in [0.2, 0.25) is 11.8 Å². The molecule has 1 aliphatic carbocycles. The number of hydrogen-bond donors (Lipinski definition) is 3. The third-order valence-corrected chi connectivity index (χ3v) is 4.36. The second-order valence-electron chi connectivity index (χ2n) is 6.61. The Labute approximate surface area is 152 Å². The van der Waals surface area contributed by atoms with Crippen LogP contribution in [0.25, 0.3) is 0 Å². The molecule has 0 radical (unpaired) electrons. The van der Waals surface area contributed by atoms with Gasteiger partial charge in [0.25, 0.3) is 0 Å². The standard InChI is InChI=1S/C18H25FN4O3/c1-23(2)16(24)11-20-18(26)21-13-8-9-14(19)15(10-13)22-17(25)12-6-4-3-5-7-12/h8-10,12H,3-7,11H2,1-2H3,(H,22,25)(H2,20,21,26). The quantitative estimate of drug-likeness (QED) is 0.750. The van der Waals surface area contributed by atoms with Gasteiger partial charge >= 0.3 is 6.03 Å². The highest BCUT2D eigenvalue weighted by Crippen LogP contribution is 2.26. The molecule has 1 aromatic carbocycles. The lowest BCUT2D eigenvalue weighted by Crippen LogP contribution is -2.38. The molecule has 0 saturated heterocycles. The first-order valence-corrected chi connectivity index (χ1v) is 8.72. The summed E-state index contributed by atoms with van der Waals surface area (Å²) in [6.45, 7) is -0.148. The van der Waals surface area contributed by atoms with E-state index in [4.69, 9.17) is 0 Å². The first-order valence-electron chi connectivity index (χ1n) is 8.72. The number of benzene rings is 1. The molecule has 0 heterocycles. The smallest absolute Gasteiger partial charge is 0.319 e. The van der Waals surface area contributed by atoms with Crippen molar-refractivity contribution >= 4 is 29.2 Å². The van der Waals surface area contributed by atoms with Crippen LogP contribution in [-0.4, -0.2) is 43.4 Å². The van der Waals surface area contributed by atoms with Crippen LogP contribution in [0.3, 0.4) is 0 Å². The summed E-state index contributed by atoms with van der Waals surface area (Å²) in [6.07, 6.45) is 4.77.